The standard InChI is InChI=1S/C18H11Cl2N3O3/c19-11-5-10(6-12(20)7-11)18(25)26-9-16(24)13(8-21)17-22-14-3-1-2-4-15(14)23-17/h1-7,24H,9H2,(H,22,23). The largest absolute Gasteiger partial charge is 0.507 e. The number of benzene rings is 2. The van der Waals surface area contributed by atoms with Gasteiger partial charge in [0, 0.05) is 10.0 Å². The van der Waals surface area contributed by atoms with Gasteiger partial charge in [-0.1, -0.05) is 35.3 Å². The van der Waals surface area contributed by atoms with Crippen LogP contribution >= 0.6 is 23.2 Å². The minimum absolute atomic E-state index is 0.113. The number of carbonyl (C=O) groups excluding carboxylic acids is 1. The molecule has 2 aromatic carbocycles. The van der Waals surface area contributed by atoms with Crippen LogP contribution in [0.4, 0.5) is 0 Å². The van der Waals surface area contributed by atoms with Gasteiger partial charge in [-0.05, 0) is 30.3 Å². The van der Waals surface area contributed by atoms with E-state index < -0.39 is 18.3 Å². The number of fused-ring (bicyclic) bond motifs is 1. The topological polar surface area (TPSA) is 99.0 Å². The Bertz CT molecular complexity index is 1010. The number of aromatic amines is 1. The quantitative estimate of drug-likeness (QED) is 0.389. The van der Waals surface area contributed by atoms with Crippen molar-refractivity contribution >= 4 is 45.8 Å². The molecule has 0 spiro atoms. The Morgan fingerprint density at radius 2 is 1.92 bits per heavy atom. The molecule has 8 heteroatoms. The maximum absolute atomic E-state index is 12.1. The number of H-pyrrole nitrogens is 1. The van der Waals surface area contributed by atoms with Crippen LogP contribution in [0, 0.1) is 11.3 Å². The summed E-state index contributed by atoms with van der Waals surface area (Å²) in [6, 6.07) is 13.3. The van der Waals surface area contributed by atoms with Gasteiger partial charge in [-0.15, -0.1) is 0 Å². The number of aliphatic hydroxyl groups is 1. The third-order valence-corrected chi connectivity index (χ3v) is 3.90. The number of nitrogens with one attached hydrogen (secondary N) is 1. The minimum Gasteiger partial charge on any atom is -0.507 e. The predicted octanol–water partition coefficient (Wildman–Crippen LogP) is 4.52. The molecule has 1 heterocycles. The molecule has 1 aromatic heterocycles. The number of halogens is 2. The molecule has 2 N–H and O–H groups in total. The van der Waals surface area contributed by atoms with Gasteiger partial charge in [0.05, 0.1) is 16.6 Å². The summed E-state index contributed by atoms with van der Waals surface area (Å²) in [5, 5.41) is 20.1. The van der Waals surface area contributed by atoms with Gasteiger partial charge in [0.15, 0.2) is 11.6 Å². The molecule has 0 aliphatic heterocycles. The Labute approximate surface area is 158 Å². The monoisotopic (exact) mass is 387 g/mol. The zero-order valence-electron chi connectivity index (χ0n) is 13.2. The van der Waals surface area contributed by atoms with Gasteiger partial charge in [-0.25, -0.2) is 9.78 Å². The Kier molecular flexibility index (Phi) is 5.12. The highest BCUT2D eigenvalue weighted by Gasteiger charge is 2.16. The zero-order valence-corrected chi connectivity index (χ0v) is 14.7. The van der Waals surface area contributed by atoms with E-state index >= 15 is 0 Å². The van der Waals surface area contributed by atoms with Gasteiger partial charge in [0.1, 0.15) is 18.2 Å². The van der Waals surface area contributed by atoms with Gasteiger partial charge in [0.25, 0.3) is 0 Å². The average molecular weight is 388 g/mol. The first-order chi connectivity index (χ1) is 12.5. The number of nitriles is 1. The minimum atomic E-state index is -0.733. The summed E-state index contributed by atoms with van der Waals surface area (Å²) in [7, 11) is 0. The van der Waals surface area contributed by atoms with Gasteiger partial charge < -0.3 is 14.8 Å². The highest BCUT2D eigenvalue weighted by Crippen LogP contribution is 2.21. The van der Waals surface area contributed by atoms with Crippen molar-refractivity contribution in [1.29, 1.82) is 5.26 Å². The van der Waals surface area contributed by atoms with E-state index in [0.717, 1.165) is 0 Å². The summed E-state index contributed by atoms with van der Waals surface area (Å²) in [5.74, 6) is -0.969. The molecule has 0 saturated heterocycles. The van der Waals surface area contributed by atoms with Crippen molar-refractivity contribution in [3.8, 4) is 6.07 Å². The lowest BCUT2D eigenvalue weighted by molar-refractivity contribution is 0.0503. The molecule has 0 aliphatic carbocycles. The van der Waals surface area contributed by atoms with Gasteiger partial charge in [0.2, 0.25) is 0 Å². The van der Waals surface area contributed by atoms with Gasteiger partial charge in [-0.3, -0.25) is 0 Å². The maximum atomic E-state index is 12.1. The number of aromatic nitrogens is 2. The van der Waals surface area contributed by atoms with Gasteiger partial charge in [-0.2, -0.15) is 5.26 Å². The summed E-state index contributed by atoms with van der Waals surface area (Å²) in [6.45, 7) is -0.497. The van der Waals surface area contributed by atoms with Crippen LogP contribution in [-0.4, -0.2) is 27.7 Å². The van der Waals surface area contributed by atoms with Crippen LogP contribution in [0.25, 0.3) is 16.6 Å². The fourth-order valence-corrected chi connectivity index (χ4v) is 2.81. The van der Waals surface area contributed by atoms with E-state index in [1.807, 2.05) is 12.1 Å². The molecule has 0 atom stereocenters. The number of rotatable bonds is 4. The fourth-order valence-electron chi connectivity index (χ4n) is 2.29. The molecular formula is C18H11Cl2N3O3. The predicted molar refractivity (Wildman–Crippen MR) is 98.0 cm³/mol. The number of hydrogen-bond donors (Lipinski definition) is 2. The van der Waals surface area contributed by atoms with Crippen LogP contribution in [0.5, 0.6) is 0 Å². The average Bonchev–Trinajstić information content (AvgIpc) is 3.03. The number of nitrogens with zero attached hydrogens (tertiary/aromatic N) is 2. The SMILES string of the molecule is N#CC(=C(O)COC(=O)c1cc(Cl)cc(Cl)c1)c1nc2ccccc2[nH]1. The van der Waals surface area contributed by atoms with Crippen LogP contribution in [-0.2, 0) is 4.74 Å². The second-order valence-corrected chi connectivity index (χ2v) is 6.14. The Balaban J connectivity index is 1.80. The number of aliphatic hydroxyl groups excluding tert-OH is 1. The summed E-state index contributed by atoms with van der Waals surface area (Å²) in [6.07, 6.45) is 0. The highest BCUT2D eigenvalue weighted by molar-refractivity contribution is 6.35. The smallest absolute Gasteiger partial charge is 0.338 e. The molecule has 0 fully saturated rings. The van der Waals surface area contributed by atoms with Crippen molar-refractivity contribution < 1.29 is 14.6 Å². The lowest BCUT2D eigenvalue weighted by atomic mass is 10.2. The summed E-state index contributed by atoms with van der Waals surface area (Å²) in [5.41, 5.74) is 1.39. The number of carbonyl (C=O) groups is 1. The molecular weight excluding hydrogens is 377 g/mol. The van der Waals surface area contributed by atoms with E-state index in [1.165, 1.54) is 18.2 Å². The number of hydrogen-bond acceptors (Lipinski definition) is 5. The number of esters is 1. The first-order valence-corrected chi connectivity index (χ1v) is 8.14. The summed E-state index contributed by atoms with van der Waals surface area (Å²) in [4.78, 5) is 19.2. The second kappa shape index (κ2) is 7.48. The van der Waals surface area contributed by atoms with E-state index in [9.17, 15) is 15.2 Å². The number of para-hydroxylation sites is 2. The van der Waals surface area contributed by atoms with E-state index in [1.54, 1.807) is 18.2 Å². The molecule has 0 bridgehead atoms. The molecule has 130 valence electrons. The van der Waals surface area contributed by atoms with Crippen molar-refractivity contribution in [2.75, 3.05) is 6.61 Å². The molecule has 0 unspecified atom stereocenters. The van der Waals surface area contributed by atoms with Gasteiger partial charge >= 0.3 is 5.97 Å². The summed E-state index contributed by atoms with van der Waals surface area (Å²) < 4.78 is 5.02. The first kappa shape index (κ1) is 17.8. The van der Waals surface area contributed by atoms with Crippen LogP contribution < -0.4 is 0 Å². The lowest BCUT2D eigenvalue weighted by Gasteiger charge is -2.06. The normalized spacial score (nSPS) is 11.7. The number of allylic oxidation sites excluding steroid dienone is 1. The Morgan fingerprint density at radius 3 is 2.58 bits per heavy atom. The molecule has 0 amide bonds. The van der Waals surface area contributed by atoms with Crippen molar-refractivity contribution in [2.24, 2.45) is 0 Å². The first-order valence-electron chi connectivity index (χ1n) is 7.38. The van der Waals surface area contributed by atoms with E-state index in [4.69, 9.17) is 27.9 Å². The van der Waals surface area contributed by atoms with E-state index in [0.29, 0.717) is 11.0 Å². The van der Waals surface area contributed by atoms with E-state index in [-0.39, 0.29) is 27.0 Å². The lowest BCUT2D eigenvalue weighted by Crippen LogP contribution is -2.09. The van der Waals surface area contributed by atoms with Crippen LogP contribution in [0.1, 0.15) is 16.2 Å². The molecule has 3 rings (SSSR count). The Morgan fingerprint density at radius 1 is 1.23 bits per heavy atom. The number of imidazole rings is 1. The van der Waals surface area contributed by atoms with Crippen molar-refractivity contribution in [3.63, 3.8) is 0 Å². The molecule has 0 aliphatic rings. The fraction of sp³-hybridized carbons (Fsp3) is 0.0556. The molecule has 6 nitrogen and oxygen atoms in total. The van der Waals surface area contributed by atoms with Crippen molar-refractivity contribution in [2.45, 2.75) is 0 Å². The number of ether oxygens (including phenoxy) is 1. The van der Waals surface area contributed by atoms with Crippen LogP contribution in [0.3, 0.4) is 0 Å². The second-order valence-electron chi connectivity index (χ2n) is 5.27. The van der Waals surface area contributed by atoms with Crippen LogP contribution in [0.15, 0.2) is 48.2 Å². The third kappa shape index (κ3) is 3.80. The van der Waals surface area contributed by atoms with Crippen molar-refractivity contribution in [1.82, 2.24) is 9.97 Å². The molecule has 0 radical (unpaired) electrons. The molecule has 3 aromatic rings. The zero-order chi connectivity index (χ0) is 18.7. The van der Waals surface area contributed by atoms with E-state index in [2.05, 4.69) is 9.97 Å². The highest BCUT2D eigenvalue weighted by atomic mass is 35.5. The Hall–Kier alpha value is -3.01. The van der Waals surface area contributed by atoms with Crippen LogP contribution in [0.2, 0.25) is 10.0 Å². The maximum Gasteiger partial charge on any atom is 0.338 e. The third-order valence-electron chi connectivity index (χ3n) is 3.46. The molecule has 0 saturated carbocycles. The molecule has 26 heavy (non-hydrogen) atoms. The summed E-state index contributed by atoms with van der Waals surface area (Å²) >= 11 is 11.7. The van der Waals surface area contributed by atoms with Crippen molar-refractivity contribution in [3.05, 3.63) is 69.7 Å².